The number of hydrogen-bond donors (Lipinski definition) is 0. The Kier molecular flexibility index (Phi) is 2.53. The van der Waals surface area contributed by atoms with E-state index in [1.54, 1.807) is 0 Å². The lowest BCUT2D eigenvalue weighted by Crippen LogP contribution is -2.63. The summed E-state index contributed by atoms with van der Waals surface area (Å²) in [6.07, 6.45) is 0. The van der Waals surface area contributed by atoms with Gasteiger partial charge in [-0.25, -0.2) is 0 Å². The molecule has 0 spiro atoms. The van der Waals surface area contributed by atoms with Crippen molar-refractivity contribution in [3.05, 3.63) is 6.54 Å². The lowest BCUT2D eigenvalue weighted by molar-refractivity contribution is -0.0568. The van der Waals surface area contributed by atoms with Gasteiger partial charge in [-0.2, -0.15) is 0 Å². The van der Waals surface area contributed by atoms with E-state index in [-0.39, 0.29) is 5.54 Å². The second-order valence-electron chi connectivity index (χ2n) is 6.40. The lowest BCUT2D eigenvalue weighted by atomic mass is 9.71. The first-order valence-corrected chi connectivity index (χ1v) is 5.27. The van der Waals surface area contributed by atoms with Gasteiger partial charge in [-0.05, 0) is 32.1 Å². The molecule has 0 aliphatic carbocycles. The maximum absolute atomic E-state index is 2.51. The first-order chi connectivity index (χ1) is 5.64. The van der Waals surface area contributed by atoms with Crippen LogP contribution in [0.4, 0.5) is 0 Å². The quantitative estimate of drug-likeness (QED) is 0.555. The van der Waals surface area contributed by atoms with Crippen LogP contribution in [0.25, 0.3) is 0 Å². The van der Waals surface area contributed by atoms with Crippen molar-refractivity contribution in [3.63, 3.8) is 0 Å². The minimum Gasteiger partial charge on any atom is -0.290 e. The Balaban J connectivity index is 2.73. The highest BCUT2D eigenvalue weighted by Gasteiger charge is 2.47. The topological polar surface area (TPSA) is 3.24 Å². The van der Waals surface area contributed by atoms with Crippen LogP contribution in [0.2, 0.25) is 0 Å². The van der Waals surface area contributed by atoms with Crippen molar-refractivity contribution >= 4 is 0 Å². The Bertz CT molecular complexity index is 182. The minimum absolute atomic E-state index is 0.282. The molecule has 1 heterocycles. The Labute approximate surface area is 83.5 Å². The first kappa shape index (κ1) is 11.0. The SMILES string of the molecule is CC1[CH]N(C(C)(C)C)C1C(C)(C)C. The van der Waals surface area contributed by atoms with Crippen LogP contribution < -0.4 is 0 Å². The van der Waals surface area contributed by atoms with Crippen molar-refractivity contribution in [1.82, 2.24) is 4.90 Å². The summed E-state index contributed by atoms with van der Waals surface area (Å²) in [5.74, 6) is 0.735. The molecule has 1 rings (SSSR count). The van der Waals surface area contributed by atoms with Gasteiger partial charge in [0.1, 0.15) is 0 Å². The standard InChI is InChI=1S/C12H24N/c1-9-8-13(12(5,6)7)10(9)11(2,3)4/h8-10H,1-7H3. The van der Waals surface area contributed by atoms with Gasteiger partial charge in [0.2, 0.25) is 0 Å². The zero-order chi connectivity index (χ0) is 10.4. The Morgan fingerprint density at radius 2 is 1.46 bits per heavy atom. The summed E-state index contributed by atoms with van der Waals surface area (Å²) in [5, 5.41) is 0. The fraction of sp³-hybridized carbons (Fsp3) is 0.917. The molecule has 1 fully saturated rings. The van der Waals surface area contributed by atoms with E-state index in [1.165, 1.54) is 0 Å². The van der Waals surface area contributed by atoms with Crippen LogP contribution in [0.5, 0.6) is 0 Å². The number of rotatable bonds is 0. The molecule has 1 aliphatic heterocycles. The monoisotopic (exact) mass is 182 g/mol. The molecule has 1 saturated heterocycles. The maximum Gasteiger partial charge on any atom is 0.0304 e. The molecule has 13 heavy (non-hydrogen) atoms. The van der Waals surface area contributed by atoms with E-state index in [2.05, 4.69) is 59.9 Å². The summed E-state index contributed by atoms with van der Waals surface area (Å²) >= 11 is 0. The van der Waals surface area contributed by atoms with Crippen LogP contribution >= 0.6 is 0 Å². The highest BCUT2D eigenvalue weighted by atomic mass is 15.3. The number of nitrogens with zero attached hydrogens (tertiary/aromatic N) is 1. The molecule has 0 saturated carbocycles. The first-order valence-electron chi connectivity index (χ1n) is 5.27. The van der Waals surface area contributed by atoms with Crippen molar-refractivity contribution in [2.24, 2.45) is 11.3 Å². The molecule has 1 heteroatoms. The zero-order valence-electron chi connectivity index (χ0n) is 10.2. The van der Waals surface area contributed by atoms with Crippen molar-refractivity contribution in [2.45, 2.75) is 60.0 Å². The van der Waals surface area contributed by atoms with Crippen LogP contribution in [0, 0.1) is 17.9 Å². The molecular weight excluding hydrogens is 158 g/mol. The minimum atomic E-state index is 0.282. The van der Waals surface area contributed by atoms with Crippen LogP contribution in [0.1, 0.15) is 48.5 Å². The predicted molar refractivity (Wildman–Crippen MR) is 58.3 cm³/mol. The molecule has 0 amide bonds. The molecule has 1 aliphatic rings. The van der Waals surface area contributed by atoms with Gasteiger partial charge >= 0.3 is 0 Å². The van der Waals surface area contributed by atoms with Gasteiger partial charge in [0.25, 0.3) is 0 Å². The van der Waals surface area contributed by atoms with Crippen molar-refractivity contribution in [1.29, 1.82) is 0 Å². The van der Waals surface area contributed by atoms with Gasteiger partial charge in [0, 0.05) is 18.1 Å². The third-order valence-electron chi connectivity index (χ3n) is 2.86. The molecular formula is C12H24N. The second kappa shape index (κ2) is 2.98. The van der Waals surface area contributed by atoms with Crippen molar-refractivity contribution < 1.29 is 0 Å². The summed E-state index contributed by atoms with van der Waals surface area (Å²) in [5.41, 5.74) is 0.673. The summed E-state index contributed by atoms with van der Waals surface area (Å²) < 4.78 is 0. The molecule has 0 bridgehead atoms. The van der Waals surface area contributed by atoms with E-state index >= 15 is 0 Å². The lowest BCUT2D eigenvalue weighted by Gasteiger charge is -2.58. The van der Waals surface area contributed by atoms with Crippen molar-refractivity contribution in [2.75, 3.05) is 0 Å². The Morgan fingerprint density at radius 1 is 1.00 bits per heavy atom. The smallest absolute Gasteiger partial charge is 0.0304 e. The summed E-state index contributed by atoms with van der Waals surface area (Å²) in [6.45, 7) is 18.5. The Hall–Kier alpha value is -0.0400. The molecule has 0 aromatic carbocycles. The van der Waals surface area contributed by atoms with E-state index in [0.29, 0.717) is 11.5 Å². The zero-order valence-corrected chi connectivity index (χ0v) is 10.2. The van der Waals surface area contributed by atoms with E-state index in [4.69, 9.17) is 0 Å². The van der Waals surface area contributed by atoms with Gasteiger partial charge in [-0.3, -0.25) is 4.90 Å². The summed E-state index contributed by atoms with van der Waals surface area (Å²) in [6, 6.07) is 0.701. The summed E-state index contributed by atoms with van der Waals surface area (Å²) in [7, 11) is 0. The average molecular weight is 182 g/mol. The van der Waals surface area contributed by atoms with Crippen molar-refractivity contribution in [3.8, 4) is 0 Å². The fourth-order valence-electron chi connectivity index (χ4n) is 2.43. The molecule has 1 radical (unpaired) electrons. The van der Waals surface area contributed by atoms with E-state index in [9.17, 15) is 0 Å². The molecule has 2 atom stereocenters. The van der Waals surface area contributed by atoms with Gasteiger partial charge in [-0.15, -0.1) is 0 Å². The highest BCUT2D eigenvalue weighted by molar-refractivity contribution is 5.07. The Morgan fingerprint density at radius 3 is 1.62 bits per heavy atom. The molecule has 0 aromatic heterocycles. The van der Waals surface area contributed by atoms with Gasteiger partial charge in [0.15, 0.2) is 0 Å². The largest absolute Gasteiger partial charge is 0.290 e. The average Bonchev–Trinajstić information content (AvgIpc) is 1.75. The van der Waals surface area contributed by atoms with Crippen LogP contribution in [0.15, 0.2) is 0 Å². The van der Waals surface area contributed by atoms with Gasteiger partial charge in [-0.1, -0.05) is 27.7 Å². The molecule has 0 N–H and O–H groups in total. The molecule has 77 valence electrons. The highest BCUT2D eigenvalue weighted by Crippen LogP contribution is 2.44. The fourth-order valence-corrected chi connectivity index (χ4v) is 2.43. The molecule has 1 nitrogen and oxygen atoms in total. The molecule has 2 unspecified atom stereocenters. The van der Waals surface area contributed by atoms with Crippen LogP contribution in [0.3, 0.4) is 0 Å². The molecule has 0 aromatic rings. The third kappa shape index (κ3) is 2.07. The normalized spacial score (nSPS) is 31.6. The van der Waals surface area contributed by atoms with Crippen LogP contribution in [-0.2, 0) is 0 Å². The number of likely N-dealkylation sites (tertiary alicyclic amines) is 1. The summed E-state index contributed by atoms with van der Waals surface area (Å²) in [4.78, 5) is 2.51. The van der Waals surface area contributed by atoms with E-state index in [1.807, 2.05) is 0 Å². The van der Waals surface area contributed by atoms with Gasteiger partial charge < -0.3 is 0 Å². The second-order valence-corrected chi connectivity index (χ2v) is 6.40. The van der Waals surface area contributed by atoms with E-state index in [0.717, 1.165) is 5.92 Å². The van der Waals surface area contributed by atoms with E-state index < -0.39 is 0 Å². The van der Waals surface area contributed by atoms with Gasteiger partial charge in [0.05, 0.1) is 0 Å². The predicted octanol–water partition coefficient (Wildman–Crippen LogP) is 3.31. The number of hydrogen-bond acceptors (Lipinski definition) is 1. The van der Waals surface area contributed by atoms with Crippen LogP contribution in [-0.4, -0.2) is 16.5 Å². The third-order valence-corrected chi connectivity index (χ3v) is 2.86. The maximum atomic E-state index is 2.51.